The number of imidazole rings is 1. The van der Waals surface area contributed by atoms with Gasteiger partial charge in [0.25, 0.3) is 0 Å². The van der Waals surface area contributed by atoms with E-state index in [9.17, 15) is 4.79 Å². The zero-order valence-corrected chi connectivity index (χ0v) is 16.7. The number of ether oxygens (including phenoxy) is 1. The molecule has 0 bridgehead atoms. The third-order valence-electron chi connectivity index (χ3n) is 4.78. The monoisotopic (exact) mass is 393 g/mol. The van der Waals surface area contributed by atoms with Crippen molar-refractivity contribution in [3.63, 3.8) is 0 Å². The Morgan fingerprint density at radius 1 is 1.07 bits per heavy atom. The predicted octanol–water partition coefficient (Wildman–Crippen LogP) is 3.80. The number of morpholine rings is 1. The van der Waals surface area contributed by atoms with Crippen LogP contribution < -0.4 is 0 Å². The second-order valence-corrected chi connectivity index (χ2v) is 7.69. The van der Waals surface area contributed by atoms with E-state index in [0.717, 1.165) is 22.1 Å². The highest BCUT2D eigenvalue weighted by Crippen LogP contribution is 2.30. The Kier molecular flexibility index (Phi) is 5.78. The molecule has 1 aliphatic heterocycles. The van der Waals surface area contributed by atoms with Gasteiger partial charge in [0.05, 0.1) is 30.9 Å². The maximum atomic E-state index is 12.5. The van der Waals surface area contributed by atoms with Crippen LogP contribution in [0, 0.1) is 6.92 Å². The largest absolute Gasteiger partial charge is 0.378 e. The van der Waals surface area contributed by atoms with E-state index in [1.807, 2.05) is 29.3 Å². The van der Waals surface area contributed by atoms with Gasteiger partial charge in [0, 0.05) is 24.3 Å². The Labute approximate surface area is 169 Å². The van der Waals surface area contributed by atoms with Crippen molar-refractivity contribution in [1.82, 2.24) is 14.5 Å². The highest BCUT2D eigenvalue weighted by Gasteiger charge is 2.19. The average molecular weight is 394 g/mol. The van der Waals surface area contributed by atoms with Gasteiger partial charge in [0.1, 0.15) is 0 Å². The average Bonchev–Trinajstić information content (AvgIpc) is 3.17. The SMILES string of the molecule is Cc1ccc(-c2cnc(SCC(=O)N3CCOCC3)n2-c2ccccc2)cc1. The van der Waals surface area contributed by atoms with Crippen molar-refractivity contribution in [3.05, 3.63) is 66.4 Å². The second-order valence-electron chi connectivity index (χ2n) is 6.74. The molecule has 1 aromatic heterocycles. The number of benzene rings is 2. The van der Waals surface area contributed by atoms with Crippen LogP contribution in [0.4, 0.5) is 0 Å². The van der Waals surface area contributed by atoms with E-state index in [2.05, 4.69) is 52.9 Å². The quantitative estimate of drug-likeness (QED) is 0.619. The zero-order chi connectivity index (χ0) is 19.3. The van der Waals surface area contributed by atoms with E-state index >= 15 is 0 Å². The molecule has 1 aliphatic rings. The summed E-state index contributed by atoms with van der Waals surface area (Å²) < 4.78 is 7.46. The first-order chi connectivity index (χ1) is 13.7. The van der Waals surface area contributed by atoms with Crippen molar-refractivity contribution in [2.75, 3.05) is 32.1 Å². The molecule has 5 nitrogen and oxygen atoms in total. The van der Waals surface area contributed by atoms with Crippen LogP contribution in [0.1, 0.15) is 5.56 Å². The van der Waals surface area contributed by atoms with Gasteiger partial charge in [-0.05, 0) is 19.1 Å². The van der Waals surface area contributed by atoms with Gasteiger partial charge in [-0.25, -0.2) is 4.98 Å². The summed E-state index contributed by atoms with van der Waals surface area (Å²) >= 11 is 1.48. The van der Waals surface area contributed by atoms with Crippen molar-refractivity contribution < 1.29 is 9.53 Å². The van der Waals surface area contributed by atoms with Crippen LogP contribution in [-0.2, 0) is 9.53 Å². The normalized spacial score (nSPS) is 14.2. The molecule has 0 aliphatic carbocycles. The van der Waals surface area contributed by atoms with Crippen LogP contribution in [0.25, 0.3) is 16.9 Å². The number of thioether (sulfide) groups is 1. The fourth-order valence-electron chi connectivity index (χ4n) is 3.22. The number of aromatic nitrogens is 2. The Hall–Kier alpha value is -2.57. The summed E-state index contributed by atoms with van der Waals surface area (Å²) in [4.78, 5) is 19.1. The second kappa shape index (κ2) is 8.63. The molecule has 2 heterocycles. The molecule has 1 amide bonds. The third-order valence-corrected chi connectivity index (χ3v) is 5.72. The van der Waals surface area contributed by atoms with E-state index in [0.29, 0.717) is 32.1 Å². The predicted molar refractivity (Wildman–Crippen MR) is 112 cm³/mol. The fourth-order valence-corrected chi connectivity index (χ4v) is 4.12. The molecule has 28 heavy (non-hydrogen) atoms. The minimum absolute atomic E-state index is 0.132. The van der Waals surface area contributed by atoms with Gasteiger partial charge in [0.15, 0.2) is 5.16 Å². The molecular formula is C22H23N3O2S. The maximum Gasteiger partial charge on any atom is 0.233 e. The van der Waals surface area contributed by atoms with Crippen molar-refractivity contribution in [2.24, 2.45) is 0 Å². The summed E-state index contributed by atoms with van der Waals surface area (Å²) in [5.74, 6) is 0.504. The van der Waals surface area contributed by atoms with Gasteiger partial charge in [-0.1, -0.05) is 59.8 Å². The van der Waals surface area contributed by atoms with Gasteiger partial charge in [0.2, 0.25) is 5.91 Å². The topological polar surface area (TPSA) is 47.4 Å². The first kappa shape index (κ1) is 18.8. The fraction of sp³-hybridized carbons (Fsp3) is 0.273. The van der Waals surface area contributed by atoms with Crippen molar-refractivity contribution >= 4 is 17.7 Å². The zero-order valence-electron chi connectivity index (χ0n) is 15.9. The van der Waals surface area contributed by atoms with Crippen LogP contribution in [0.15, 0.2) is 66.0 Å². The number of para-hydroxylation sites is 1. The molecule has 3 aromatic rings. The lowest BCUT2D eigenvalue weighted by atomic mass is 10.1. The highest BCUT2D eigenvalue weighted by atomic mass is 32.2. The number of carbonyl (C=O) groups excluding carboxylic acids is 1. The van der Waals surface area contributed by atoms with E-state index in [1.54, 1.807) is 0 Å². The molecule has 0 atom stereocenters. The van der Waals surface area contributed by atoms with Gasteiger partial charge in [-0.15, -0.1) is 0 Å². The van der Waals surface area contributed by atoms with Gasteiger partial charge in [-0.2, -0.15) is 0 Å². The number of rotatable bonds is 5. The minimum Gasteiger partial charge on any atom is -0.378 e. The van der Waals surface area contributed by atoms with Crippen LogP contribution >= 0.6 is 11.8 Å². The van der Waals surface area contributed by atoms with Gasteiger partial charge < -0.3 is 9.64 Å². The summed E-state index contributed by atoms with van der Waals surface area (Å²) in [6.07, 6.45) is 1.89. The standard InChI is InChI=1S/C22H23N3O2S/c1-17-7-9-18(10-8-17)20-15-23-22(25(20)19-5-3-2-4-6-19)28-16-21(26)24-11-13-27-14-12-24/h2-10,15H,11-14,16H2,1H3. The van der Waals surface area contributed by atoms with Crippen LogP contribution in [0.5, 0.6) is 0 Å². The molecule has 4 rings (SSSR count). The van der Waals surface area contributed by atoms with Gasteiger partial charge in [-0.3, -0.25) is 9.36 Å². The lowest BCUT2D eigenvalue weighted by Crippen LogP contribution is -2.41. The number of amides is 1. The number of hydrogen-bond donors (Lipinski definition) is 0. The summed E-state index contributed by atoms with van der Waals surface area (Å²) in [7, 11) is 0. The van der Waals surface area contributed by atoms with E-state index in [-0.39, 0.29) is 5.91 Å². The van der Waals surface area contributed by atoms with Gasteiger partial charge >= 0.3 is 0 Å². The molecule has 1 saturated heterocycles. The summed E-state index contributed by atoms with van der Waals surface area (Å²) in [5, 5.41) is 0.823. The Morgan fingerprint density at radius 3 is 2.50 bits per heavy atom. The lowest BCUT2D eigenvalue weighted by molar-refractivity contribution is -0.132. The molecule has 0 N–H and O–H groups in total. The smallest absolute Gasteiger partial charge is 0.233 e. The van der Waals surface area contributed by atoms with Crippen molar-refractivity contribution in [1.29, 1.82) is 0 Å². The van der Waals surface area contributed by atoms with E-state index in [4.69, 9.17) is 4.74 Å². The molecule has 2 aromatic carbocycles. The van der Waals surface area contributed by atoms with Crippen molar-refractivity contribution in [2.45, 2.75) is 12.1 Å². The Bertz CT molecular complexity index is 932. The van der Waals surface area contributed by atoms with Crippen molar-refractivity contribution in [3.8, 4) is 16.9 Å². The highest BCUT2D eigenvalue weighted by molar-refractivity contribution is 7.99. The van der Waals surface area contributed by atoms with Crippen LogP contribution in [0.2, 0.25) is 0 Å². The van der Waals surface area contributed by atoms with Crippen LogP contribution in [-0.4, -0.2) is 52.4 Å². The summed E-state index contributed by atoms with van der Waals surface area (Å²) in [6, 6.07) is 18.6. The molecule has 144 valence electrons. The Balaban J connectivity index is 1.62. The molecule has 0 unspecified atom stereocenters. The summed E-state index contributed by atoms with van der Waals surface area (Å²) in [6.45, 7) is 4.65. The first-order valence-electron chi connectivity index (χ1n) is 9.41. The molecular weight excluding hydrogens is 370 g/mol. The first-order valence-corrected chi connectivity index (χ1v) is 10.4. The van der Waals surface area contributed by atoms with E-state index < -0.39 is 0 Å². The number of aryl methyl sites for hydroxylation is 1. The molecule has 6 heteroatoms. The summed E-state index contributed by atoms with van der Waals surface area (Å²) in [5.41, 5.74) is 4.39. The number of nitrogens with zero attached hydrogens (tertiary/aromatic N) is 3. The number of carbonyl (C=O) groups is 1. The molecule has 0 saturated carbocycles. The van der Waals surface area contributed by atoms with E-state index in [1.165, 1.54) is 17.3 Å². The third kappa shape index (κ3) is 4.13. The minimum atomic E-state index is 0.132. The molecule has 0 spiro atoms. The molecule has 1 fully saturated rings. The Morgan fingerprint density at radius 2 is 1.79 bits per heavy atom. The maximum absolute atomic E-state index is 12.5. The number of hydrogen-bond acceptors (Lipinski definition) is 4. The van der Waals surface area contributed by atoms with Crippen LogP contribution in [0.3, 0.4) is 0 Å². The molecule has 0 radical (unpaired) electrons. The lowest BCUT2D eigenvalue weighted by Gasteiger charge is -2.26.